The van der Waals surface area contributed by atoms with Crippen molar-refractivity contribution < 1.29 is 4.74 Å². The normalized spacial score (nSPS) is 25.9. The molecule has 0 amide bonds. The van der Waals surface area contributed by atoms with Gasteiger partial charge in [-0.1, -0.05) is 41.9 Å². The summed E-state index contributed by atoms with van der Waals surface area (Å²) < 4.78 is 7.87. The molecule has 108 valence electrons. The standard InChI is InChI=1S/C15H18BN3OS/c1-21-15-8-12(7-13(9-16)20-15)19-10-14(17-18-19)11-5-3-2-4-6-11/h2-6,10,12-13,15H,7-9H2,1H3. The first-order valence-electron chi connectivity index (χ1n) is 7.15. The number of thioether (sulfide) groups is 1. The van der Waals surface area contributed by atoms with Crippen LogP contribution in [0, 0.1) is 0 Å². The number of ether oxygens (including phenoxy) is 1. The van der Waals surface area contributed by atoms with Crippen LogP contribution in [-0.4, -0.2) is 40.6 Å². The number of rotatable bonds is 4. The lowest BCUT2D eigenvalue weighted by atomic mass is 9.92. The van der Waals surface area contributed by atoms with Crippen molar-refractivity contribution in [3.05, 3.63) is 36.5 Å². The molecular weight excluding hydrogens is 281 g/mol. The van der Waals surface area contributed by atoms with Gasteiger partial charge in [-0.3, -0.25) is 0 Å². The van der Waals surface area contributed by atoms with Gasteiger partial charge in [0.25, 0.3) is 0 Å². The van der Waals surface area contributed by atoms with Gasteiger partial charge in [-0.2, -0.15) is 0 Å². The Kier molecular flexibility index (Phi) is 4.65. The summed E-state index contributed by atoms with van der Waals surface area (Å²) in [6.45, 7) is 0. The third-order valence-electron chi connectivity index (χ3n) is 3.82. The Labute approximate surface area is 130 Å². The van der Waals surface area contributed by atoms with Crippen molar-refractivity contribution >= 4 is 19.6 Å². The zero-order valence-corrected chi connectivity index (χ0v) is 12.9. The van der Waals surface area contributed by atoms with Gasteiger partial charge >= 0.3 is 0 Å². The van der Waals surface area contributed by atoms with Crippen LogP contribution in [0.1, 0.15) is 18.9 Å². The smallest absolute Gasteiger partial charge is 0.113 e. The van der Waals surface area contributed by atoms with E-state index in [1.54, 1.807) is 11.8 Å². The van der Waals surface area contributed by atoms with Crippen LogP contribution in [0.25, 0.3) is 11.3 Å². The summed E-state index contributed by atoms with van der Waals surface area (Å²) in [6.07, 6.45) is 6.58. The fraction of sp³-hybridized carbons (Fsp3) is 0.467. The van der Waals surface area contributed by atoms with Gasteiger partial charge < -0.3 is 4.74 Å². The highest BCUT2D eigenvalue weighted by molar-refractivity contribution is 7.99. The number of benzene rings is 1. The molecule has 2 heterocycles. The van der Waals surface area contributed by atoms with E-state index in [-0.39, 0.29) is 11.5 Å². The van der Waals surface area contributed by atoms with Gasteiger partial charge in [-0.25, -0.2) is 4.68 Å². The fourth-order valence-electron chi connectivity index (χ4n) is 2.66. The Hall–Kier alpha value is -1.27. The molecule has 0 aliphatic carbocycles. The van der Waals surface area contributed by atoms with Crippen LogP contribution in [0.4, 0.5) is 0 Å². The molecule has 4 nitrogen and oxygen atoms in total. The summed E-state index contributed by atoms with van der Waals surface area (Å²) in [6, 6.07) is 10.4. The van der Waals surface area contributed by atoms with Gasteiger partial charge in [-0.05, 0) is 12.7 Å². The van der Waals surface area contributed by atoms with Crippen LogP contribution in [0.3, 0.4) is 0 Å². The molecule has 0 saturated carbocycles. The molecule has 3 rings (SSSR count). The molecule has 0 spiro atoms. The number of aromatic nitrogens is 3. The van der Waals surface area contributed by atoms with Crippen molar-refractivity contribution in [1.29, 1.82) is 0 Å². The van der Waals surface area contributed by atoms with Crippen molar-refractivity contribution in [2.75, 3.05) is 6.26 Å². The molecular formula is C15H18BN3OS. The predicted molar refractivity (Wildman–Crippen MR) is 86.5 cm³/mol. The molecule has 1 aliphatic heterocycles. The predicted octanol–water partition coefficient (Wildman–Crippen LogP) is 2.94. The van der Waals surface area contributed by atoms with Crippen molar-refractivity contribution in [2.24, 2.45) is 0 Å². The Morgan fingerprint density at radius 1 is 1.33 bits per heavy atom. The van der Waals surface area contributed by atoms with Gasteiger partial charge in [0.05, 0.1) is 26.2 Å². The van der Waals surface area contributed by atoms with Crippen molar-refractivity contribution in [3.63, 3.8) is 0 Å². The molecule has 0 N–H and O–H groups in total. The van der Waals surface area contributed by atoms with Crippen LogP contribution >= 0.6 is 11.8 Å². The van der Waals surface area contributed by atoms with Crippen molar-refractivity contribution in [3.8, 4) is 11.3 Å². The summed E-state index contributed by atoms with van der Waals surface area (Å²) in [5.41, 5.74) is 2.18. The van der Waals surface area contributed by atoms with Gasteiger partial charge in [0.1, 0.15) is 11.1 Å². The molecule has 1 aromatic carbocycles. The van der Waals surface area contributed by atoms with Crippen molar-refractivity contribution in [2.45, 2.75) is 36.7 Å². The Balaban J connectivity index is 1.79. The Bertz CT molecular complexity index is 565. The maximum atomic E-state index is 5.90. The van der Waals surface area contributed by atoms with Gasteiger partial charge in [-0.15, -0.1) is 16.9 Å². The maximum Gasteiger partial charge on any atom is 0.113 e. The van der Waals surface area contributed by atoms with E-state index >= 15 is 0 Å². The minimum absolute atomic E-state index is 0.102. The molecule has 1 aliphatic rings. The van der Waals surface area contributed by atoms with Gasteiger partial charge in [0, 0.05) is 12.0 Å². The van der Waals surface area contributed by atoms with Crippen LogP contribution in [0.5, 0.6) is 0 Å². The zero-order valence-electron chi connectivity index (χ0n) is 12.1. The van der Waals surface area contributed by atoms with Crippen LogP contribution in [0.15, 0.2) is 36.5 Å². The van der Waals surface area contributed by atoms with Gasteiger partial charge in [0.2, 0.25) is 0 Å². The quantitative estimate of drug-likeness (QED) is 0.814. The van der Waals surface area contributed by atoms with E-state index in [1.807, 2.05) is 41.2 Å². The average molecular weight is 299 g/mol. The highest BCUT2D eigenvalue weighted by Crippen LogP contribution is 2.34. The first kappa shape index (κ1) is 14.7. The van der Waals surface area contributed by atoms with E-state index in [0.717, 1.165) is 24.1 Å². The molecule has 3 unspecified atom stereocenters. The van der Waals surface area contributed by atoms with E-state index in [4.69, 9.17) is 12.6 Å². The third-order valence-corrected chi connectivity index (χ3v) is 4.65. The second kappa shape index (κ2) is 6.66. The summed E-state index contributed by atoms with van der Waals surface area (Å²) in [4.78, 5) is 0. The van der Waals surface area contributed by atoms with Crippen LogP contribution in [0.2, 0.25) is 6.32 Å². The molecule has 2 radical (unpaired) electrons. The Morgan fingerprint density at radius 2 is 2.14 bits per heavy atom. The third kappa shape index (κ3) is 3.32. The summed E-state index contributed by atoms with van der Waals surface area (Å²) in [7, 11) is 5.78. The largest absolute Gasteiger partial charge is 0.365 e. The molecule has 3 atom stereocenters. The Morgan fingerprint density at radius 3 is 2.86 bits per heavy atom. The summed E-state index contributed by atoms with van der Waals surface area (Å²) in [5, 5.41) is 8.61. The monoisotopic (exact) mass is 299 g/mol. The molecule has 0 bridgehead atoms. The topological polar surface area (TPSA) is 39.9 Å². The van der Waals surface area contributed by atoms with Gasteiger partial charge in [0.15, 0.2) is 0 Å². The minimum Gasteiger partial charge on any atom is -0.365 e. The first-order chi connectivity index (χ1) is 10.3. The SMILES string of the molecule is [B]CC1CC(n2cc(-c3ccccc3)nn2)CC(SC)O1. The minimum atomic E-state index is 0.102. The number of hydrogen-bond donors (Lipinski definition) is 0. The van der Waals surface area contributed by atoms with Crippen LogP contribution < -0.4 is 0 Å². The van der Waals surface area contributed by atoms with E-state index in [1.165, 1.54) is 0 Å². The highest BCUT2D eigenvalue weighted by atomic mass is 32.2. The van der Waals surface area contributed by atoms with E-state index in [2.05, 4.69) is 16.6 Å². The summed E-state index contributed by atoms with van der Waals surface area (Å²) >= 11 is 1.73. The molecule has 1 aromatic heterocycles. The van der Waals surface area contributed by atoms with Crippen molar-refractivity contribution in [1.82, 2.24) is 15.0 Å². The number of nitrogens with zero attached hydrogens (tertiary/aromatic N) is 3. The lowest BCUT2D eigenvalue weighted by Gasteiger charge is -2.34. The summed E-state index contributed by atoms with van der Waals surface area (Å²) in [5.74, 6) is 0. The maximum absolute atomic E-state index is 5.90. The lowest BCUT2D eigenvalue weighted by Crippen LogP contribution is -2.32. The second-order valence-corrected chi connectivity index (χ2v) is 6.23. The zero-order chi connectivity index (χ0) is 14.7. The lowest BCUT2D eigenvalue weighted by molar-refractivity contribution is -0.0155. The molecule has 21 heavy (non-hydrogen) atoms. The molecule has 2 aromatic rings. The molecule has 1 saturated heterocycles. The first-order valence-corrected chi connectivity index (χ1v) is 8.44. The number of hydrogen-bond acceptors (Lipinski definition) is 4. The van der Waals surface area contributed by atoms with E-state index in [9.17, 15) is 0 Å². The average Bonchev–Trinajstić information content (AvgIpc) is 3.05. The molecule has 1 fully saturated rings. The highest BCUT2D eigenvalue weighted by Gasteiger charge is 2.29. The molecule has 6 heteroatoms. The van der Waals surface area contributed by atoms with E-state index < -0.39 is 0 Å². The van der Waals surface area contributed by atoms with E-state index in [0.29, 0.717) is 12.4 Å². The second-order valence-electron chi connectivity index (χ2n) is 5.23. The van der Waals surface area contributed by atoms with Crippen LogP contribution in [-0.2, 0) is 4.74 Å². The fourth-order valence-corrected chi connectivity index (χ4v) is 3.35.